The quantitative estimate of drug-likeness (QED) is 0.741. The number of nitrogens with one attached hydrogen (secondary N) is 1. The van der Waals surface area contributed by atoms with Gasteiger partial charge >= 0.3 is 0 Å². The van der Waals surface area contributed by atoms with E-state index in [0.717, 1.165) is 0 Å². The number of aryl methyl sites for hydroxylation is 1. The van der Waals surface area contributed by atoms with Crippen LogP contribution in [0.4, 0.5) is 0 Å². The molecule has 2 N–H and O–H groups in total. The van der Waals surface area contributed by atoms with Crippen molar-refractivity contribution < 1.29 is 14.3 Å². The van der Waals surface area contributed by atoms with Gasteiger partial charge in [-0.1, -0.05) is 30.3 Å². The normalized spacial score (nSPS) is 13.0. The molecule has 0 aliphatic rings. The van der Waals surface area contributed by atoms with E-state index >= 15 is 0 Å². The van der Waals surface area contributed by atoms with Crippen LogP contribution in [0.15, 0.2) is 59.3 Å². The van der Waals surface area contributed by atoms with E-state index in [4.69, 9.17) is 4.42 Å². The Hall–Kier alpha value is -3.30. The number of hydrogen-bond acceptors (Lipinski definition) is 4. The van der Waals surface area contributed by atoms with Crippen molar-refractivity contribution in [1.29, 1.82) is 5.26 Å². The zero-order chi connectivity index (χ0) is 18.7. The zero-order valence-electron chi connectivity index (χ0n) is 14.6. The van der Waals surface area contributed by atoms with Crippen molar-refractivity contribution in [3.05, 3.63) is 77.3 Å². The minimum atomic E-state index is -1.23. The van der Waals surface area contributed by atoms with Crippen LogP contribution in [0.2, 0.25) is 0 Å². The fourth-order valence-corrected chi connectivity index (χ4v) is 2.80. The predicted molar refractivity (Wildman–Crippen MR) is 95.8 cm³/mol. The van der Waals surface area contributed by atoms with Crippen LogP contribution >= 0.6 is 0 Å². The summed E-state index contributed by atoms with van der Waals surface area (Å²) in [5.41, 5.74) is -0.196. The van der Waals surface area contributed by atoms with E-state index < -0.39 is 11.5 Å². The van der Waals surface area contributed by atoms with Crippen molar-refractivity contribution in [2.45, 2.75) is 19.4 Å². The number of carbonyl (C=O) groups excluding carboxylic acids is 1. The molecule has 0 spiro atoms. The number of benzene rings is 1. The number of amides is 1. The second kappa shape index (κ2) is 6.90. The van der Waals surface area contributed by atoms with E-state index in [0.29, 0.717) is 17.2 Å². The Morgan fingerprint density at radius 3 is 2.54 bits per heavy atom. The molecule has 0 saturated carbocycles. The molecule has 0 aliphatic carbocycles. The summed E-state index contributed by atoms with van der Waals surface area (Å²) in [6.45, 7) is 3.27. The van der Waals surface area contributed by atoms with Gasteiger partial charge < -0.3 is 14.8 Å². The molecule has 6 nitrogen and oxygen atoms in total. The zero-order valence-corrected chi connectivity index (χ0v) is 14.6. The average Bonchev–Trinajstić information content (AvgIpc) is 3.27. The van der Waals surface area contributed by atoms with Gasteiger partial charge in [-0.2, -0.15) is 5.26 Å². The number of rotatable bonds is 5. The lowest BCUT2D eigenvalue weighted by molar-refractivity contribution is 0.0526. The molecule has 2 aromatic heterocycles. The lowest BCUT2D eigenvalue weighted by Crippen LogP contribution is -2.38. The second-order valence-electron chi connectivity index (χ2n) is 6.24. The Morgan fingerprint density at radius 2 is 1.92 bits per heavy atom. The summed E-state index contributed by atoms with van der Waals surface area (Å²) >= 11 is 0. The van der Waals surface area contributed by atoms with E-state index in [1.54, 1.807) is 55.1 Å². The van der Waals surface area contributed by atoms with Gasteiger partial charge in [-0.3, -0.25) is 9.36 Å². The number of nitriles is 1. The largest absolute Gasteiger partial charge is 0.443 e. The Bertz CT molecular complexity index is 948. The van der Waals surface area contributed by atoms with E-state index in [9.17, 15) is 15.2 Å². The molecule has 0 radical (unpaired) electrons. The first-order chi connectivity index (χ1) is 12.4. The summed E-state index contributed by atoms with van der Waals surface area (Å²) < 4.78 is 7.28. The minimum Gasteiger partial charge on any atom is -0.443 e. The summed E-state index contributed by atoms with van der Waals surface area (Å²) in [5.74, 6) is 0.189. The molecule has 6 heteroatoms. The molecule has 1 aromatic carbocycles. The molecule has 26 heavy (non-hydrogen) atoms. The molecule has 0 bridgehead atoms. The van der Waals surface area contributed by atoms with Crippen LogP contribution in [0.1, 0.15) is 34.2 Å². The van der Waals surface area contributed by atoms with Crippen molar-refractivity contribution in [3.63, 3.8) is 0 Å². The lowest BCUT2D eigenvalue weighted by Gasteiger charge is -2.24. The molecular formula is C20H19N3O3. The summed E-state index contributed by atoms with van der Waals surface area (Å²) in [6, 6.07) is 14.7. The molecular weight excluding hydrogens is 330 g/mol. The molecule has 1 atom stereocenters. The Morgan fingerprint density at radius 1 is 1.27 bits per heavy atom. The maximum absolute atomic E-state index is 12.7. The number of carbonyl (C=O) groups is 1. The van der Waals surface area contributed by atoms with Crippen LogP contribution in [-0.2, 0) is 5.60 Å². The highest BCUT2D eigenvalue weighted by molar-refractivity contribution is 5.98. The van der Waals surface area contributed by atoms with Gasteiger partial charge in [0.2, 0.25) is 5.88 Å². The SMILES string of the molecule is Cc1oc(-n2cccc2)c(C#N)c1C(=O)NCC(C)(O)c1ccccc1. The van der Waals surface area contributed by atoms with Gasteiger partial charge in [0.1, 0.15) is 28.6 Å². The number of hydrogen-bond donors (Lipinski definition) is 2. The van der Waals surface area contributed by atoms with E-state index in [2.05, 4.69) is 5.32 Å². The fraction of sp³-hybridized carbons (Fsp3) is 0.200. The van der Waals surface area contributed by atoms with Crippen molar-refractivity contribution in [1.82, 2.24) is 9.88 Å². The summed E-state index contributed by atoms with van der Waals surface area (Å²) in [5, 5.41) is 22.8. The fourth-order valence-electron chi connectivity index (χ4n) is 2.80. The molecule has 132 valence electrons. The highest BCUT2D eigenvalue weighted by atomic mass is 16.4. The third kappa shape index (κ3) is 3.25. The number of aliphatic hydroxyl groups is 1. The highest BCUT2D eigenvalue weighted by Crippen LogP contribution is 2.26. The summed E-state index contributed by atoms with van der Waals surface area (Å²) in [7, 11) is 0. The molecule has 0 aliphatic heterocycles. The van der Waals surface area contributed by atoms with Gasteiger partial charge in [-0.25, -0.2) is 0 Å². The lowest BCUT2D eigenvalue weighted by atomic mass is 9.96. The van der Waals surface area contributed by atoms with Crippen LogP contribution in [0.25, 0.3) is 5.88 Å². The van der Waals surface area contributed by atoms with Gasteiger partial charge in [-0.15, -0.1) is 0 Å². The van der Waals surface area contributed by atoms with E-state index in [-0.39, 0.29) is 17.7 Å². The highest BCUT2D eigenvalue weighted by Gasteiger charge is 2.28. The van der Waals surface area contributed by atoms with Crippen LogP contribution in [0.5, 0.6) is 0 Å². The predicted octanol–water partition coefficient (Wildman–Crippen LogP) is 2.89. The monoisotopic (exact) mass is 349 g/mol. The molecule has 3 aromatic rings. The van der Waals surface area contributed by atoms with Crippen LogP contribution in [0.3, 0.4) is 0 Å². The van der Waals surface area contributed by atoms with Crippen molar-refractivity contribution in [3.8, 4) is 12.0 Å². The molecule has 3 rings (SSSR count). The Kier molecular flexibility index (Phi) is 4.65. The second-order valence-corrected chi connectivity index (χ2v) is 6.24. The molecule has 2 heterocycles. The summed E-state index contributed by atoms with van der Waals surface area (Å²) in [4.78, 5) is 12.7. The Balaban J connectivity index is 1.84. The average molecular weight is 349 g/mol. The van der Waals surface area contributed by atoms with Crippen molar-refractivity contribution in [2.75, 3.05) is 6.54 Å². The number of furan rings is 1. The van der Waals surface area contributed by atoms with E-state index in [1.165, 1.54) is 0 Å². The van der Waals surface area contributed by atoms with Gasteiger partial charge in [-0.05, 0) is 31.5 Å². The smallest absolute Gasteiger partial charge is 0.256 e. The third-order valence-corrected chi connectivity index (χ3v) is 4.23. The summed E-state index contributed by atoms with van der Waals surface area (Å²) in [6.07, 6.45) is 3.47. The van der Waals surface area contributed by atoms with Crippen LogP contribution < -0.4 is 5.32 Å². The van der Waals surface area contributed by atoms with Crippen molar-refractivity contribution >= 4 is 5.91 Å². The Labute approximate surface area is 151 Å². The molecule has 1 unspecified atom stereocenters. The van der Waals surface area contributed by atoms with Gasteiger partial charge in [0, 0.05) is 12.4 Å². The molecule has 0 saturated heterocycles. The van der Waals surface area contributed by atoms with Gasteiger partial charge in [0.15, 0.2) is 0 Å². The first-order valence-electron chi connectivity index (χ1n) is 8.17. The van der Waals surface area contributed by atoms with Gasteiger partial charge in [0.25, 0.3) is 5.91 Å². The van der Waals surface area contributed by atoms with Crippen molar-refractivity contribution in [2.24, 2.45) is 0 Å². The van der Waals surface area contributed by atoms with Crippen LogP contribution in [0, 0.1) is 18.3 Å². The first kappa shape index (κ1) is 17.5. The van der Waals surface area contributed by atoms with Crippen LogP contribution in [-0.4, -0.2) is 22.1 Å². The molecule has 0 fully saturated rings. The standard InChI is InChI=1S/C20H19N3O3/c1-14-17(16(12-21)19(26-14)23-10-6-7-11-23)18(24)22-13-20(2,25)15-8-4-3-5-9-15/h3-11,25H,13H2,1-2H3,(H,22,24). The maximum atomic E-state index is 12.7. The number of aromatic nitrogens is 1. The first-order valence-corrected chi connectivity index (χ1v) is 8.17. The number of nitrogens with zero attached hydrogens (tertiary/aromatic N) is 2. The van der Waals surface area contributed by atoms with Gasteiger partial charge in [0.05, 0.1) is 6.54 Å². The third-order valence-electron chi connectivity index (χ3n) is 4.23. The van der Waals surface area contributed by atoms with E-state index in [1.807, 2.05) is 24.3 Å². The topological polar surface area (TPSA) is 91.2 Å². The minimum absolute atomic E-state index is 0.00416. The molecule has 1 amide bonds. The maximum Gasteiger partial charge on any atom is 0.256 e.